The molecular weight excluding hydrogens is 228 g/mol. The van der Waals surface area contributed by atoms with Gasteiger partial charge in [0.2, 0.25) is 5.89 Å². The van der Waals surface area contributed by atoms with Crippen molar-refractivity contribution >= 4 is 11.1 Å². The summed E-state index contributed by atoms with van der Waals surface area (Å²) in [4.78, 5) is 8.53. The van der Waals surface area contributed by atoms with Gasteiger partial charge in [-0.25, -0.2) is 4.98 Å². The maximum absolute atomic E-state index is 5.76. The molecule has 0 saturated carbocycles. The molecule has 0 spiro atoms. The summed E-state index contributed by atoms with van der Waals surface area (Å²) in [6, 6.07) is 7.49. The van der Waals surface area contributed by atoms with Crippen LogP contribution >= 0.6 is 0 Å². The quantitative estimate of drug-likeness (QED) is 0.690. The highest BCUT2D eigenvalue weighted by atomic mass is 16.5. The predicted octanol–water partition coefficient (Wildman–Crippen LogP) is 3.21. The number of oxazole rings is 1. The largest absolute Gasteiger partial charge is 0.497 e. The molecule has 3 aromatic rings. The highest BCUT2D eigenvalue weighted by Gasteiger charge is 2.10. The second-order valence-electron chi connectivity index (χ2n) is 4.04. The Balaban J connectivity index is 2.17. The molecule has 4 nitrogen and oxygen atoms in total. The van der Waals surface area contributed by atoms with Gasteiger partial charge in [0.25, 0.3) is 0 Å². The molecule has 0 amide bonds. The fourth-order valence-corrected chi connectivity index (χ4v) is 1.86. The van der Waals surface area contributed by atoms with Gasteiger partial charge in [-0.15, -0.1) is 0 Å². The summed E-state index contributed by atoms with van der Waals surface area (Å²) in [6.07, 6.45) is 3.53. The Bertz CT molecular complexity index is 704. The first kappa shape index (κ1) is 10.8. The third-order valence-electron chi connectivity index (χ3n) is 2.85. The van der Waals surface area contributed by atoms with Gasteiger partial charge in [-0.1, -0.05) is 0 Å². The molecule has 0 aliphatic rings. The van der Waals surface area contributed by atoms with E-state index < -0.39 is 0 Å². The van der Waals surface area contributed by atoms with Crippen LogP contribution in [0.25, 0.3) is 22.6 Å². The third kappa shape index (κ3) is 1.72. The fraction of sp³-hybridized carbons (Fsp3) is 0.143. The van der Waals surface area contributed by atoms with Crippen LogP contribution in [0.1, 0.15) is 5.56 Å². The molecule has 18 heavy (non-hydrogen) atoms. The molecule has 0 radical (unpaired) electrons. The van der Waals surface area contributed by atoms with E-state index in [0.29, 0.717) is 5.89 Å². The maximum Gasteiger partial charge on any atom is 0.227 e. The molecule has 4 heteroatoms. The number of nitrogens with zero attached hydrogens (tertiary/aromatic N) is 2. The Morgan fingerprint density at radius 2 is 2.11 bits per heavy atom. The van der Waals surface area contributed by atoms with E-state index in [9.17, 15) is 0 Å². The molecule has 0 unspecified atom stereocenters. The Morgan fingerprint density at radius 3 is 2.89 bits per heavy atom. The van der Waals surface area contributed by atoms with Gasteiger partial charge in [0, 0.05) is 24.0 Å². The van der Waals surface area contributed by atoms with Gasteiger partial charge in [0.1, 0.15) is 11.3 Å². The van der Waals surface area contributed by atoms with Crippen LogP contribution in [-0.2, 0) is 0 Å². The number of fused-ring (bicyclic) bond motifs is 1. The van der Waals surface area contributed by atoms with E-state index in [2.05, 4.69) is 9.97 Å². The van der Waals surface area contributed by atoms with Gasteiger partial charge in [-0.3, -0.25) is 4.98 Å². The zero-order valence-electron chi connectivity index (χ0n) is 10.2. The highest BCUT2D eigenvalue weighted by molar-refractivity contribution is 5.78. The summed E-state index contributed by atoms with van der Waals surface area (Å²) < 4.78 is 10.9. The molecule has 0 aliphatic carbocycles. The van der Waals surface area contributed by atoms with Crippen LogP contribution in [-0.4, -0.2) is 17.1 Å². The van der Waals surface area contributed by atoms with Crippen LogP contribution in [0.5, 0.6) is 5.75 Å². The lowest BCUT2D eigenvalue weighted by molar-refractivity contribution is 0.414. The van der Waals surface area contributed by atoms with Gasteiger partial charge in [0.05, 0.1) is 7.11 Å². The molecule has 0 saturated heterocycles. The minimum atomic E-state index is 0.609. The minimum absolute atomic E-state index is 0.609. The van der Waals surface area contributed by atoms with E-state index in [1.807, 2.05) is 31.2 Å². The average Bonchev–Trinajstić information content (AvgIpc) is 2.81. The number of aryl methyl sites for hydroxylation is 1. The summed E-state index contributed by atoms with van der Waals surface area (Å²) in [5.41, 5.74) is 3.54. The van der Waals surface area contributed by atoms with E-state index in [4.69, 9.17) is 9.15 Å². The number of pyridine rings is 1. The van der Waals surface area contributed by atoms with Crippen molar-refractivity contribution in [2.45, 2.75) is 6.92 Å². The number of ether oxygens (including phenoxy) is 1. The minimum Gasteiger partial charge on any atom is -0.497 e. The van der Waals surface area contributed by atoms with E-state index in [1.165, 1.54) is 0 Å². The number of hydrogen-bond acceptors (Lipinski definition) is 4. The standard InChI is InChI=1S/C14H12N2O2/c1-9-8-15-6-5-11(9)14-16-12-4-3-10(17-2)7-13(12)18-14/h3-8H,1-2H3. The lowest BCUT2D eigenvalue weighted by Gasteiger charge is -1.98. The van der Waals surface area contributed by atoms with Crippen molar-refractivity contribution < 1.29 is 9.15 Å². The first-order valence-corrected chi connectivity index (χ1v) is 5.63. The molecule has 1 aromatic carbocycles. The summed E-state index contributed by atoms with van der Waals surface area (Å²) >= 11 is 0. The second-order valence-corrected chi connectivity index (χ2v) is 4.04. The van der Waals surface area contributed by atoms with Crippen molar-refractivity contribution in [2.24, 2.45) is 0 Å². The van der Waals surface area contributed by atoms with E-state index in [0.717, 1.165) is 28.0 Å². The molecule has 0 aliphatic heterocycles. The van der Waals surface area contributed by atoms with E-state index >= 15 is 0 Å². The highest BCUT2D eigenvalue weighted by Crippen LogP contribution is 2.28. The van der Waals surface area contributed by atoms with Crippen LogP contribution in [0, 0.1) is 6.92 Å². The van der Waals surface area contributed by atoms with Gasteiger partial charge in [-0.2, -0.15) is 0 Å². The Hall–Kier alpha value is -2.36. The first-order chi connectivity index (χ1) is 8.78. The van der Waals surface area contributed by atoms with Crippen molar-refractivity contribution in [3.8, 4) is 17.2 Å². The van der Waals surface area contributed by atoms with Crippen molar-refractivity contribution in [3.05, 3.63) is 42.2 Å². The zero-order valence-corrected chi connectivity index (χ0v) is 10.2. The summed E-state index contributed by atoms with van der Waals surface area (Å²) in [5.74, 6) is 1.37. The Labute approximate surface area is 104 Å². The SMILES string of the molecule is COc1ccc2nc(-c3ccncc3C)oc2c1. The average molecular weight is 240 g/mol. The van der Waals surface area contributed by atoms with Crippen molar-refractivity contribution in [1.29, 1.82) is 0 Å². The third-order valence-corrected chi connectivity index (χ3v) is 2.85. The molecule has 90 valence electrons. The molecule has 3 rings (SSSR count). The zero-order chi connectivity index (χ0) is 12.5. The van der Waals surface area contributed by atoms with Gasteiger partial charge in [0.15, 0.2) is 5.58 Å². The molecule has 0 N–H and O–H groups in total. The van der Waals surface area contributed by atoms with Crippen LogP contribution in [0.3, 0.4) is 0 Å². The Kier molecular flexibility index (Phi) is 2.48. The second kappa shape index (κ2) is 4.14. The molecular formula is C14H12N2O2. The first-order valence-electron chi connectivity index (χ1n) is 5.63. The number of benzene rings is 1. The molecule has 0 bridgehead atoms. The monoisotopic (exact) mass is 240 g/mol. The predicted molar refractivity (Wildman–Crippen MR) is 68.5 cm³/mol. The van der Waals surface area contributed by atoms with Gasteiger partial charge < -0.3 is 9.15 Å². The molecule has 2 heterocycles. The van der Waals surface area contributed by atoms with E-state index in [-0.39, 0.29) is 0 Å². The topological polar surface area (TPSA) is 48.2 Å². The van der Waals surface area contributed by atoms with Crippen LogP contribution in [0.2, 0.25) is 0 Å². The van der Waals surface area contributed by atoms with Crippen LogP contribution in [0.4, 0.5) is 0 Å². The normalized spacial score (nSPS) is 10.8. The summed E-state index contributed by atoms with van der Waals surface area (Å²) in [5, 5.41) is 0. The summed E-state index contributed by atoms with van der Waals surface area (Å²) in [7, 11) is 1.63. The Morgan fingerprint density at radius 1 is 1.22 bits per heavy atom. The van der Waals surface area contributed by atoms with Crippen molar-refractivity contribution in [3.63, 3.8) is 0 Å². The lowest BCUT2D eigenvalue weighted by Crippen LogP contribution is -1.83. The van der Waals surface area contributed by atoms with Crippen LogP contribution in [0.15, 0.2) is 41.1 Å². The summed E-state index contributed by atoms with van der Waals surface area (Å²) in [6.45, 7) is 1.98. The van der Waals surface area contributed by atoms with Crippen LogP contribution < -0.4 is 4.74 Å². The number of hydrogen-bond donors (Lipinski definition) is 0. The lowest BCUT2D eigenvalue weighted by atomic mass is 10.2. The number of methoxy groups -OCH3 is 1. The smallest absolute Gasteiger partial charge is 0.227 e. The van der Waals surface area contributed by atoms with Gasteiger partial charge in [-0.05, 0) is 30.7 Å². The number of rotatable bonds is 2. The number of aromatic nitrogens is 2. The van der Waals surface area contributed by atoms with E-state index in [1.54, 1.807) is 19.5 Å². The molecule has 2 aromatic heterocycles. The molecule has 0 fully saturated rings. The maximum atomic E-state index is 5.76. The van der Waals surface area contributed by atoms with Crippen molar-refractivity contribution in [1.82, 2.24) is 9.97 Å². The van der Waals surface area contributed by atoms with Crippen molar-refractivity contribution in [2.75, 3.05) is 7.11 Å². The molecule has 0 atom stereocenters. The fourth-order valence-electron chi connectivity index (χ4n) is 1.86. The van der Waals surface area contributed by atoms with Gasteiger partial charge >= 0.3 is 0 Å².